The maximum atomic E-state index is 10.1. The lowest BCUT2D eigenvalue weighted by Gasteiger charge is -2.03. The fourth-order valence-electron chi connectivity index (χ4n) is 1.29. The van der Waals surface area contributed by atoms with Gasteiger partial charge in [-0.05, 0) is 44.0 Å². The summed E-state index contributed by atoms with van der Waals surface area (Å²) in [5, 5.41) is 8.33. The number of unbranched alkanes of at least 4 members (excludes halogenated alkanes) is 1. The molecule has 1 rings (SSSR count). The van der Waals surface area contributed by atoms with Gasteiger partial charge in [0.25, 0.3) is 0 Å². The Labute approximate surface area is 113 Å². The molecule has 0 saturated heterocycles. The zero-order valence-electron chi connectivity index (χ0n) is 11.3. The Morgan fingerprint density at radius 2 is 1.95 bits per heavy atom. The number of hydrogen-bond donors (Lipinski definition) is 5. The molecule has 0 aromatic heterocycles. The lowest BCUT2D eigenvalue weighted by atomic mass is 10.1. The summed E-state index contributed by atoms with van der Waals surface area (Å²) in [4.78, 5) is 10.1. The van der Waals surface area contributed by atoms with Gasteiger partial charge in [0.05, 0.1) is 0 Å². The van der Waals surface area contributed by atoms with Crippen LogP contribution in [0.15, 0.2) is 18.2 Å². The molecule has 108 valence electrons. The molecule has 0 fully saturated rings. The number of carbonyl (C=O) groups is 1. The number of carboxylic acid groups (broad SMARTS) is 1. The molecule has 0 aliphatic carbocycles. The first-order valence-electron chi connectivity index (χ1n) is 6.18. The molecule has 9 N–H and O–H groups in total. The van der Waals surface area contributed by atoms with Crippen LogP contribution in [0.3, 0.4) is 0 Å². The van der Waals surface area contributed by atoms with Gasteiger partial charge in [-0.3, -0.25) is 4.79 Å². The van der Waals surface area contributed by atoms with Gasteiger partial charge in [-0.15, -0.1) is 0 Å². The SMILES string of the molecule is Cc1ccc(N)cc1N.NCCCC[C@H](N)C(=O)O. The minimum Gasteiger partial charge on any atom is -0.480 e. The van der Waals surface area contributed by atoms with E-state index in [0.29, 0.717) is 13.0 Å². The molecular formula is C13H24N4O2. The number of benzene rings is 1. The highest BCUT2D eigenvalue weighted by molar-refractivity contribution is 5.72. The minimum atomic E-state index is -0.933. The van der Waals surface area contributed by atoms with E-state index in [1.165, 1.54) is 0 Å². The topological polar surface area (TPSA) is 141 Å². The first-order chi connectivity index (χ1) is 8.88. The lowest BCUT2D eigenvalue weighted by molar-refractivity contribution is -0.138. The summed E-state index contributed by atoms with van der Waals surface area (Å²) < 4.78 is 0. The van der Waals surface area contributed by atoms with Gasteiger partial charge in [0.1, 0.15) is 6.04 Å². The van der Waals surface area contributed by atoms with Gasteiger partial charge in [-0.2, -0.15) is 0 Å². The predicted octanol–water partition coefficient (Wildman–Crippen LogP) is 0.687. The van der Waals surface area contributed by atoms with Crippen LogP contribution in [-0.4, -0.2) is 23.7 Å². The summed E-state index contributed by atoms with van der Waals surface area (Å²) in [6.07, 6.45) is 2.16. The van der Waals surface area contributed by atoms with E-state index in [4.69, 9.17) is 28.0 Å². The van der Waals surface area contributed by atoms with Gasteiger partial charge in [0.2, 0.25) is 0 Å². The molecule has 1 aromatic carbocycles. The molecular weight excluding hydrogens is 244 g/mol. The van der Waals surface area contributed by atoms with Crippen molar-refractivity contribution >= 4 is 17.3 Å². The monoisotopic (exact) mass is 268 g/mol. The van der Waals surface area contributed by atoms with Crippen LogP contribution in [0.1, 0.15) is 24.8 Å². The second-order valence-electron chi connectivity index (χ2n) is 4.35. The number of hydrogen-bond acceptors (Lipinski definition) is 5. The Morgan fingerprint density at radius 3 is 2.37 bits per heavy atom. The van der Waals surface area contributed by atoms with E-state index in [1.807, 2.05) is 19.1 Å². The van der Waals surface area contributed by atoms with Crippen LogP contribution in [0.25, 0.3) is 0 Å². The van der Waals surface area contributed by atoms with Crippen molar-refractivity contribution in [3.8, 4) is 0 Å². The normalized spacial score (nSPS) is 11.3. The third-order valence-electron chi connectivity index (χ3n) is 2.59. The largest absolute Gasteiger partial charge is 0.480 e. The van der Waals surface area contributed by atoms with Crippen LogP contribution < -0.4 is 22.9 Å². The molecule has 0 amide bonds. The van der Waals surface area contributed by atoms with E-state index in [2.05, 4.69) is 0 Å². The number of rotatable bonds is 5. The maximum absolute atomic E-state index is 10.1. The molecule has 0 bridgehead atoms. The van der Waals surface area contributed by atoms with E-state index >= 15 is 0 Å². The van der Waals surface area contributed by atoms with Crippen LogP contribution >= 0.6 is 0 Å². The number of aliphatic carboxylic acids is 1. The highest BCUT2D eigenvalue weighted by atomic mass is 16.4. The molecule has 0 heterocycles. The molecule has 1 atom stereocenters. The Balaban J connectivity index is 0.000000342. The summed E-state index contributed by atoms with van der Waals surface area (Å²) in [6, 6.07) is 4.79. The third-order valence-corrected chi connectivity index (χ3v) is 2.59. The molecule has 0 spiro atoms. The highest BCUT2D eigenvalue weighted by Crippen LogP contribution is 2.13. The van der Waals surface area contributed by atoms with E-state index in [-0.39, 0.29) is 0 Å². The van der Waals surface area contributed by atoms with Crippen LogP contribution in [0, 0.1) is 6.92 Å². The average Bonchev–Trinajstić information content (AvgIpc) is 2.35. The van der Waals surface area contributed by atoms with Gasteiger partial charge in [-0.1, -0.05) is 12.5 Å². The van der Waals surface area contributed by atoms with Gasteiger partial charge in [-0.25, -0.2) is 0 Å². The van der Waals surface area contributed by atoms with Gasteiger partial charge < -0.3 is 28.0 Å². The minimum absolute atomic E-state index is 0.520. The van der Waals surface area contributed by atoms with Crippen molar-refractivity contribution in [3.63, 3.8) is 0 Å². The van der Waals surface area contributed by atoms with Gasteiger partial charge >= 0.3 is 5.97 Å². The molecule has 6 nitrogen and oxygen atoms in total. The molecule has 1 aromatic rings. The number of nitrogen functional groups attached to an aromatic ring is 2. The average molecular weight is 268 g/mol. The van der Waals surface area contributed by atoms with E-state index in [1.54, 1.807) is 6.07 Å². The second kappa shape index (κ2) is 9.18. The zero-order chi connectivity index (χ0) is 14.8. The Kier molecular flexibility index (Phi) is 8.32. The predicted molar refractivity (Wildman–Crippen MR) is 78.5 cm³/mol. The molecule has 0 saturated carbocycles. The van der Waals surface area contributed by atoms with Crippen LogP contribution in [-0.2, 0) is 4.79 Å². The van der Waals surface area contributed by atoms with Crippen molar-refractivity contribution in [1.29, 1.82) is 0 Å². The fourth-order valence-corrected chi connectivity index (χ4v) is 1.29. The van der Waals surface area contributed by atoms with Crippen LogP contribution in [0.4, 0.5) is 11.4 Å². The molecule has 0 aliphatic rings. The second-order valence-corrected chi connectivity index (χ2v) is 4.35. The lowest BCUT2D eigenvalue weighted by Crippen LogP contribution is -2.29. The number of nitrogens with two attached hydrogens (primary N) is 4. The summed E-state index contributed by atoms with van der Waals surface area (Å²) in [5.74, 6) is -0.933. The van der Waals surface area contributed by atoms with Crippen molar-refractivity contribution in [3.05, 3.63) is 23.8 Å². The van der Waals surface area contributed by atoms with Crippen LogP contribution in [0.2, 0.25) is 0 Å². The molecule has 6 heteroatoms. The third kappa shape index (κ3) is 8.01. The number of carboxylic acids is 1. The van der Waals surface area contributed by atoms with Crippen LogP contribution in [0.5, 0.6) is 0 Å². The summed E-state index contributed by atoms with van der Waals surface area (Å²) in [7, 11) is 0. The van der Waals surface area contributed by atoms with Crippen molar-refractivity contribution in [1.82, 2.24) is 0 Å². The number of anilines is 2. The van der Waals surface area contributed by atoms with E-state index in [9.17, 15) is 4.79 Å². The number of aryl methyl sites for hydroxylation is 1. The summed E-state index contributed by atoms with van der Waals surface area (Å²) in [5.41, 5.74) is 24.0. The molecule has 19 heavy (non-hydrogen) atoms. The fraction of sp³-hybridized carbons (Fsp3) is 0.462. The molecule has 0 aliphatic heterocycles. The molecule has 0 unspecified atom stereocenters. The summed E-state index contributed by atoms with van der Waals surface area (Å²) >= 11 is 0. The zero-order valence-corrected chi connectivity index (χ0v) is 11.3. The van der Waals surface area contributed by atoms with Crippen molar-refractivity contribution in [2.75, 3.05) is 18.0 Å². The Morgan fingerprint density at radius 1 is 1.32 bits per heavy atom. The first-order valence-corrected chi connectivity index (χ1v) is 6.18. The first kappa shape index (κ1) is 17.2. The Bertz CT molecular complexity index is 396. The van der Waals surface area contributed by atoms with E-state index < -0.39 is 12.0 Å². The Hall–Kier alpha value is -1.79. The quantitative estimate of drug-likeness (QED) is 0.393. The maximum Gasteiger partial charge on any atom is 0.320 e. The van der Waals surface area contributed by atoms with E-state index in [0.717, 1.165) is 29.8 Å². The smallest absolute Gasteiger partial charge is 0.320 e. The van der Waals surface area contributed by atoms with Gasteiger partial charge in [0.15, 0.2) is 0 Å². The molecule has 0 radical (unpaired) electrons. The van der Waals surface area contributed by atoms with Crippen molar-refractivity contribution < 1.29 is 9.90 Å². The standard InChI is InChI=1S/C7H10N2.C6H14N2O2/c1-5-2-3-6(8)4-7(5)9;7-4-2-1-3-5(8)6(9)10/h2-4H,8-9H2,1H3;5H,1-4,7-8H2,(H,9,10)/t;5-/m.0/s1. The van der Waals surface area contributed by atoms with Crippen molar-refractivity contribution in [2.24, 2.45) is 11.5 Å². The summed E-state index contributed by atoms with van der Waals surface area (Å²) in [6.45, 7) is 2.56. The van der Waals surface area contributed by atoms with Crippen molar-refractivity contribution in [2.45, 2.75) is 32.2 Å². The highest BCUT2D eigenvalue weighted by Gasteiger charge is 2.09. The van der Waals surface area contributed by atoms with Gasteiger partial charge in [0, 0.05) is 11.4 Å².